The van der Waals surface area contributed by atoms with Gasteiger partial charge < -0.3 is 42.1 Å². The second kappa shape index (κ2) is 25.6. The third-order valence-electron chi connectivity index (χ3n) is 14.9. The van der Waals surface area contributed by atoms with E-state index < -0.39 is 45.0 Å². The molecular formula is C60H57Br3N6O15S3. The number of hydrogen-bond donors (Lipinski definition) is 3. The molecule has 9 aromatic rings. The molecule has 0 saturated carbocycles. The average molecular weight is 1440 g/mol. The molecule has 0 spiro atoms. The van der Waals surface area contributed by atoms with Crippen molar-refractivity contribution in [1.29, 1.82) is 0 Å². The third-order valence-corrected chi connectivity index (χ3v) is 18.7. The third kappa shape index (κ3) is 14.1. The van der Waals surface area contributed by atoms with Gasteiger partial charge in [0.1, 0.15) is 71.8 Å². The lowest BCUT2D eigenvalue weighted by Crippen LogP contribution is -2.11. The molecule has 1 aliphatic rings. The quantitative estimate of drug-likeness (QED) is 0.0805. The predicted molar refractivity (Wildman–Crippen MR) is 330 cm³/mol. The normalized spacial score (nSPS) is 13.0. The largest absolute Gasteiger partial charge is 0.496 e. The summed E-state index contributed by atoms with van der Waals surface area (Å²) in [5.74, 6) is 3.26. The summed E-state index contributed by atoms with van der Waals surface area (Å²) >= 11 is 11.1. The van der Waals surface area contributed by atoms with Crippen LogP contribution in [-0.2, 0) is 110 Å². The predicted octanol–water partition coefficient (Wildman–Crippen LogP) is 10.5. The van der Waals surface area contributed by atoms with Crippen LogP contribution in [-0.4, -0.2) is 88.9 Å². The lowest BCUT2D eigenvalue weighted by Gasteiger charge is -2.23. The topological polar surface area (TPSA) is 272 Å². The molecule has 0 fully saturated rings. The Kier molecular flexibility index (Phi) is 18.5. The van der Waals surface area contributed by atoms with Crippen molar-refractivity contribution in [3.8, 4) is 34.5 Å². The molecule has 456 valence electrons. The van der Waals surface area contributed by atoms with E-state index in [0.29, 0.717) is 115 Å². The minimum atomic E-state index is -4.92. The Morgan fingerprint density at radius 3 is 0.724 bits per heavy atom. The van der Waals surface area contributed by atoms with Crippen LogP contribution in [0.15, 0.2) is 138 Å². The highest BCUT2D eigenvalue weighted by molar-refractivity contribution is 9.11. The molecule has 3 heterocycles. The first-order chi connectivity index (χ1) is 41.3. The van der Waals surface area contributed by atoms with E-state index in [1.807, 2.05) is 21.1 Å². The Morgan fingerprint density at radius 2 is 0.563 bits per heavy atom. The van der Waals surface area contributed by atoms with Crippen molar-refractivity contribution in [1.82, 2.24) is 28.7 Å². The first kappa shape index (κ1) is 63.0. The van der Waals surface area contributed by atoms with Gasteiger partial charge in [-0.05, 0) is 72.8 Å². The molecule has 3 N–H and O–H groups in total. The molecule has 0 aliphatic heterocycles. The molecule has 1 aliphatic carbocycles. The number of hydrogen-bond acceptors (Lipinski definition) is 15. The van der Waals surface area contributed by atoms with Gasteiger partial charge in [-0.25, -0.2) is 15.0 Å². The van der Waals surface area contributed by atoms with Crippen LogP contribution in [0.4, 0.5) is 0 Å². The second-order valence-corrected chi connectivity index (χ2v) is 27.7. The lowest BCUT2D eigenvalue weighted by molar-refractivity contribution is 0.286. The molecule has 27 heteroatoms. The average Bonchev–Trinajstić information content (AvgIpc) is 1.67. The van der Waals surface area contributed by atoms with Crippen LogP contribution in [0.5, 0.6) is 34.5 Å². The highest BCUT2D eigenvalue weighted by atomic mass is 79.9. The number of rotatable bonds is 15. The van der Waals surface area contributed by atoms with Crippen LogP contribution in [0, 0.1) is 0 Å². The molecular weight excluding hydrogens is 1380 g/mol. The minimum absolute atomic E-state index is 0.0584. The van der Waals surface area contributed by atoms with E-state index in [2.05, 4.69) is 62.7 Å². The summed E-state index contributed by atoms with van der Waals surface area (Å²) in [7, 11) is -5.03. The van der Waals surface area contributed by atoms with Crippen molar-refractivity contribution in [2.45, 2.75) is 73.0 Å². The summed E-state index contributed by atoms with van der Waals surface area (Å²) in [5, 5.41) is 0. The highest BCUT2D eigenvalue weighted by Crippen LogP contribution is 2.44. The molecule has 0 saturated heterocycles. The zero-order valence-electron chi connectivity index (χ0n) is 47.5. The summed E-state index contributed by atoms with van der Waals surface area (Å²) in [5.41, 5.74) is 4.75. The van der Waals surface area contributed by atoms with Gasteiger partial charge in [-0.1, -0.05) is 47.8 Å². The number of benzene rings is 6. The van der Waals surface area contributed by atoms with E-state index in [9.17, 15) is 38.9 Å². The molecule has 0 amide bonds. The van der Waals surface area contributed by atoms with E-state index in [-0.39, 0.29) is 75.6 Å². The number of imidazole rings is 3. The summed E-state index contributed by atoms with van der Waals surface area (Å²) in [6, 6.07) is 18.6. The summed E-state index contributed by atoms with van der Waals surface area (Å²) in [6.45, 7) is -0.175. The van der Waals surface area contributed by atoms with Crippen molar-refractivity contribution < 1.29 is 67.3 Å². The molecule has 21 nitrogen and oxygen atoms in total. The SMILES string of the molecule is COc1c2cc(S(=O)(=O)O)cc1Cc1cc(Br)cc(c1OCc1nccn1C)Cc1cc(S(=O)(=O)O)cc(c1OC)Cc1cc(Br)cc(c1OCc1nccn1C)Cc1cc(S(=O)(=O)O)cc(c1OC)Cc1cc(Br)cc(c1OCc1nccn1C)C2. The van der Waals surface area contributed by atoms with Crippen LogP contribution in [0.1, 0.15) is 84.2 Å². The summed E-state index contributed by atoms with van der Waals surface area (Å²) in [4.78, 5) is 12.1. The van der Waals surface area contributed by atoms with Crippen LogP contribution in [0.2, 0.25) is 0 Å². The summed E-state index contributed by atoms with van der Waals surface area (Å²) < 4.78 is 159. The number of aromatic nitrogens is 6. The zero-order valence-corrected chi connectivity index (χ0v) is 54.7. The number of aryl methyl sites for hydroxylation is 3. The molecule has 0 unspecified atom stereocenters. The van der Waals surface area contributed by atoms with E-state index in [1.54, 1.807) is 87.3 Å². The fraction of sp³-hybridized carbons (Fsp3) is 0.250. The molecule has 3 aromatic heterocycles. The maximum Gasteiger partial charge on any atom is 0.294 e. The fourth-order valence-corrected chi connectivity index (χ4v) is 14.3. The van der Waals surface area contributed by atoms with E-state index >= 15 is 0 Å². The summed E-state index contributed by atoms with van der Waals surface area (Å²) in [6.07, 6.45) is 9.64. The second-order valence-electron chi connectivity index (χ2n) is 20.7. The molecule has 6 aromatic carbocycles. The number of methoxy groups -OCH3 is 3. The van der Waals surface area contributed by atoms with E-state index in [4.69, 9.17) is 28.4 Å². The molecule has 87 heavy (non-hydrogen) atoms. The van der Waals surface area contributed by atoms with Gasteiger partial charge in [0.25, 0.3) is 30.4 Å². The highest BCUT2D eigenvalue weighted by Gasteiger charge is 2.29. The van der Waals surface area contributed by atoms with Gasteiger partial charge in [0.2, 0.25) is 0 Å². The van der Waals surface area contributed by atoms with Crippen LogP contribution in [0.25, 0.3) is 0 Å². The van der Waals surface area contributed by atoms with Gasteiger partial charge in [-0.3, -0.25) is 13.7 Å². The number of ether oxygens (including phenoxy) is 6. The minimum Gasteiger partial charge on any atom is -0.496 e. The van der Waals surface area contributed by atoms with Crippen LogP contribution in [0.3, 0.4) is 0 Å². The smallest absolute Gasteiger partial charge is 0.294 e. The Morgan fingerprint density at radius 1 is 0.368 bits per heavy atom. The van der Waals surface area contributed by atoms with Gasteiger partial charge in [0.15, 0.2) is 0 Å². The number of halogens is 3. The Labute approximate surface area is 527 Å². The van der Waals surface area contributed by atoms with Gasteiger partial charge in [-0.2, -0.15) is 25.3 Å². The van der Waals surface area contributed by atoms with Crippen molar-refractivity contribution in [2.24, 2.45) is 21.1 Å². The Hall–Kier alpha value is -7.08. The molecule has 0 radical (unpaired) electrons. The fourth-order valence-electron chi connectivity index (χ4n) is 10.9. The van der Waals surface area contributed by atoms with Crippen molar-refractivity contribution in [3.05, 3.63) is 208 Å². The number of nitrogens with zero attached hydrogens (tertiary/aromatic N) is 6. The van der Waals surface area contributed by atoms with Crippen molar-refractivity contribution in [3.63, 3.8) is 0 Å². The Bertz CT molecular complexity index is 3920. The maximum atomic E-state index is 13.4. The van der Waals surface area contributed by atoms with Crippen LogP contribution >= 0.6 is 47.8 Å². The molecule has 0 atom stereocenters. The van der Waals surface area contributed by atoms with E-state index in [1.165, 1.54) is 57.7 Å². The monoisotopic (exact) mass is 1430 g/mol. The lowest BCUT2D eigenvalue weighted by atomic mass is 9.91. The van der Waals surface area contributed by atoms with Gasteiger partial charge in [0, 0.05) is 177 Å². The Balaban J connectivity index is 1.28. The van der Waals surface area contributed by atoms with Crippen molar-refractivity contribution in [2.75, 3.05) is 21.3 Å². The van der Waals surface area contributed by atoms with Gasteiger partial charge in [0.05, 0.1) is 36.0 Å². The van der Waals surface area contributed by atoms with Crippen LogP contribution < -0.4 is 28.4 Å². The molecule has 10 rings (SSSR count). The number of fused-ring (bicyclic) bond motifs is 12. The van der Waals surface area contributed by atoms with Gasteiger partial charge in [-0.15, -0.1) is 0 Å². The standard InChI is InChI=1S/C60H57Br3N6O15S3/c1-67-10-7-64-52(67)31-82-58-34-13-40-25-49(85(70,71)72)27-42(55(40)79-4)15-36-21-47(62)23-38(59(36)83-32-53-65-8-11-68(53)2)17-44-29-51(87(76,77)78)30-45(57(44)81-6)18-39-24-48(63)22-37(60(39)84-33-54-66-9-12-69(54)3)16-43-28-50(86(73,74)75)26-41(56(43)80-5)14-35(58)20-46(61)19-34/h7-12,19-30H,13-18,31-33H2,1-6H3,(H,70,71,72)(H,73,74,75)(H,76,77,78). The maximum absolute atomic E-state index is 13.4. The first-order valence-electron chi connectivity index (χ1n) is 26.5. The van der Waals surface area contributed by atoms with Gasteiger partial charge >= 0.3 is 0 Å². The zero-order chi connectivity index (χ0) is 62.3. The van der Waals surface area contributed by atoms with E-state index in [0.717, 1.165) is 0 Å². The first-order valence-corrected chi connectivity index (χ1v) is 33.2. The molecule has 12 bridgehead atoms. The van der Waals surface area contributed by atoms with Crippen molar-refractivity contribution >= 4 is 78.1 Å².